The topological polar surface area (TPSA) is 74.6 Å². The molecule has 174 valence electrons. The Morgan fingerprint density at radius 2 is 1.56 bits per heavy atom. The molecule has 1 heterocycles. The molecule has 7 nitrogen and oxygen atoms in total. The summed E-state index contributed by atoms with van der Waals surface area (Å²) >= 11 is 0. The second-order valence-electron chi connectivity index (χ2n) is 7.86. The van der Waals surface area contributed by atoms with Crippen LogP contribution in [0, 0.1) is 13.8 Å². The molecule has 1 aromatic heterocycles. The zero-order valence-electron chi connectivity index (χ0n) is 19.7. The van der Waals surface area contributed by atoms with E-state index in [1.165, 1.54) is 14.2 Å². The van der Waals surface area contributed by atoms with Gasteiger partial charge in [0.15, 0.2) is 11.5 Å². The summed E-state index contributed by atoms with van der Waals surface area (Å²) in [6, 6.07) is 22.8. The van der Waals surface area contributed by atoms with Crippen LogP contribution in [0.3, 0.4) is 0 Å². The highest BCUT2D eigenvalue weighted by molar-refractivity contribution is 6.04. The molecule has 0 aliphatic carbocycles. The van der Waals surface area contributed by atoms with Crippen LogP contribution in [0.2, 0.25) is 0 Å². The minimum atomic E-state index is -0.320. The quantitative estimate of drug-likeness (QED) is 0.387. The van der Waals surface area contributed by atoms with Crippen molar-refractivity contribution in [1.29, 1.82) is 0 Å². The largest absolute Gasteiger partial charge is 0.493 e. The number of hydrogen-bond acceptors (Lipinski definition) is 5. The molecule has 0 unspecified atom stereocenters. The number of amides is 1. The fraction of sp³-hybridized carbons (Fsp3) is 0.185. The molecule has 7 heteroatoms. The number of anilines is 1. The molecule has 0 aliphatic heterocycles. The molecule has 0 spiro atoms. The summed E-state index contributed by atoms with van der Waals surface area (Å²) in [6.07, 6.45) is 0. The minimum Gasteiger partial charge on any atom is -0.493 e. The van der Waals surface area contributed by atoms with Crippen LogP contribution in [-0.2, 0) is 6.61 Å². The van der Waals surface area contributed by atoms with Gasteiger partial charge >= 0.3 is 0 Å². The Kier molecular flexibility index (Phi) is 6.82. The van der Waals surface area contributed by atoms with Gasteiger partial charge in [0, 0.05) is 11.6 Å². The first-order valence-corrected chi connectivity index (χ1v) is 10.9. The molecule has 4 rings (SSSR count). The molecular formula is C27H27N3O4. The van der Waals surface area contributed by atoms with Gasteiger partial charge in [0.2, 0.25) is 5.75 Å². The zero-order chi connectivity index (χ0) is 24.1. The number of nitrogens with one attached hydrogen (secondary N) is 1. The molecule has 3 aromatic carbocycles. The van der Waals surface area contributed by atoms with Gasteiger partial charge in [-0.15, -0.1) is 0 Å². The molecule has 0 radical (unpaired) electrons. The van der Waals surface area contributed by atoms with Crippen LogP contribution in [0.1, 0.15) is 27.2 Å². The van der Waals surface area contributed by atoms with Gasteiger partial charge in [-0.05, 0) is 43.7 Å². The van der Waals surface area contributed by atoms with Gasteiger partial charge in [-0.3, -0.25) is 4.79 Å². The zero-order valence-corrected chi connectivity index (χ0v) is 19.7. The smallest absolute Gasteiger partial charge is 0.257 e. The van der Waals surface area contributed by atoms with E-state index < -0.39 is 0 Å². The van der Waals surface area contributed by atoms with Crippen LogP contribution >= 0.6 is 0 Å². The molecule has 1 N–H and O–H groups in total. The Hall–Kier alpha value is -4.26. The minimum absolute atomic E-state index is 0.320. The maximum Gasteiger partial charge on any atom is 0.257 e. The first kappa shape index (κ1) is 22.9. The van der Waals surface area contributed by atoms with Crippen molar-refractivity contribution >= 4 is 11.7 Å². The van der Waals surface area contributed by atoms with Gasteiger partial charge in [0.25, 0.3) is 5.91 Å². The number of aryl methyl sites for hydroxylation is 2. The second-order valence-corrected chi connectivity index (χ2v) is 7.86. The molecule has 4 aromatic rings. The number of benzene rings is 3. The molecule has 1 amide bonds. The van der Waals surface area contributed by atoms with E-state index in [1.807, 2.05) is 74.5 Å². The normalized spacial score (nSPS) is 10.6. The lowest BCUT2D eigenvalue weighted by Crippen LogP contribution is -2.15. The van der Waals surface area contributed by atoms with Crippen LogP contribution in [0.5, 0.6) is 17.2 Å². The number of aromatic nitrogens is 2. The van der Waals surface area contributed by atoms with Gasteiger partial charge in [-0.2, -0.15) is 5.10 Å². The SMILES string of the molecule is COc1cc(C(=O)Nc2cc(C)nn2-c2ccc(C)cc2)cc(OC)c1OCc1ccccc1. The summed E-state index contributed by atoms with van der Waals surface area (Å²) in [7, 11) is 3.06. The predicted molar refractivity (Wildman–Crippen MR) is 131 cm³/mol. The van der Waals surface area contributed by atoms with Crippen LogP contribution in [0.25, 0.3) is 5.69 Å². The lowest BCUT2D eigenvalue weighted by molar-refractivity contribution is 0.102. The van der Waals surface area contributed by atoms with E-state index in [-0.39, 0.29) is 5.91 Å². The Balaban J connectivity index is 1.60. The van der Waals surface area contributed by atoms with Crippen molar-refractivity contribution < 1.29 is 19.0 Å². The van der Waals surface area contributed by atoms with Gasteiger partial charge < -0.3 is 19.5 Å². The van der Waals surface area contributed by atoms with Crippen molar-refractivity contribution in [1.82, 2.24) is 9.78 Å². The fourth-order valence-electron chi connectivity index (χ4n) is 3.54. The summed E-state index contributed by atoms with van der Waals surface area (Å²) in [5, 5.41) is 7.47. The lowest BCUT2D eigenvalue weighted by Gasteiger charge is -2.16. The summed E-state index contributed by atoms with van der Waals surface area (Å²) in [5.74, 6) is 1.49. The Bertz CT molecular complexity index is 1260. The molecule has 34 heavy (non-hydrogen) atoms. The number of nitrogens with zero attached hydrogens (tertiary/aromatic N) is 2. The van der Waals surface area contributed by atoms with E-state index in [4.69, 9.17) is 14.2 Å². The second kappa shape index (κ2) is 10.1. The molecule has 0 saturated heterocycles. The Morgan fingerprint density at radius 1 is 0.912 bits per heavy atom. The summed E-state index contributed by atoms with van der Waals surface area (Å²) in [5.41, 5.74) is 4.17. The lowest BCUT2D eigenvalue weighted by atomic mass is 10.1. The third-order valence-corrected chi connectivity index (χ3v) is 5.30. The van der Waals surface area contributed by atoms with E-state index in [0.717, 1.165) is 22.5 Å². The van der Waals surface area contributed by atoms with Gasteiger partial charge in [0.05, 0.1) is 25.6 Å². The predicted octanol–water partition coefficient (Wildman–Crippen LogP) is 5.34. The molecule has 0 fully saturated rings. The van der Waals surface area contributed by atoms with Crippen molar-refractivity contribution in [2.24, 2.45) is 0 Å². The third-order valence-electron chi connectivity index (χ3n) is 5.30. The maximum atomic E-state index is 13.2. The highest BCUT2D eigenvalue weighted by atomic mass is 16.5. The maximum absolute atomic E-state index is 13.2. The standard InChI is InChI=1S/C27H27N3O4/c1-18-10-12-22(13-11-18)30-25(14-19(2)29-30)28-27(31)21-15-23(32-3)26(24(16-21)33-4)34-17-20-8-6-5-7-9-20/h5-16H,17H2,1-4H3,(H,28,31). The molecule has 0 aliphatic rings. The molecular weight excluding hydrogens is 430 g/mol. The molecule has 0 bridgehead atoms. The average Bonchev–Trinajstić information content (AvgIpc) is 3.22. The number of hydrogen-bond donors (Lipinski definition) is 1. The van der Waals surface area contributed by atoms with Crippen LogP contribution in [0.4, 0.5) is 5.82 Å². The van der Waals surface area contributed by atoms with E-state index in [1.54, 1.807) is 16.8 Å². The Morgan fingerprint density at radius 3 is 2.18 bits per heavy atom. The summed E-state index contributed by atoms with van der Waals surface area (Å²) in [4.78, 5) is 13.2. The third kappa shape index (κ3) is 5.04. The van der Waals surface area contributed by atoms with Crippen molar-refractivity contribution in [3.63, 3.8) is 0 Å². The van der Waals surface area contributed by atoms with E-state index in [9.17, 15) is 4.79 Å². The van der Waals surface area contributed by atoms with Crippen LogP contribution in [-0.4, -0.2) is 29.9 Å². The van der Waals surface area contributed by atoms with Crippen molar-refractivity contribution in [3.05, 3.63) is 95.2 Å². The van der Waals surface area contributed by atoms with Crippen LogP contribution < -0.4 is 19.5 Å². The van der Waals surface area contributed by atoms with Crippen molar-refractivity contribution in [2.75, 3.05) is 19.5 Å². The molecule has 0 atom stereocenters. The van der Waals surface area contributed by atoms with Gasteiger partial charge in [-0.25, -0.2) is 4.68 Å². The van der Waals surface area contributed by atoms with E-state index >= 15 is 0 Å². The first-order chi connectivity index (χ1) is 16.5. The average molecular weight is 458 g/mol. The number of carbonyl (C=O) groups is 1. The first-order valence-electron chi connectivity index (χ1n) is 10.9. The molecule has 0 saturated carbocycles. The number of methoxy groups -OCH3 is 2. The summed E-state index contributed by atoms with van der Waals surface area (Å²) < 4.78 is 18.7. The number of carbonyl (C=O) groups excluding carboxylic acids is 1. The monoisotopic (exact) mass is 457 g/mol. The van der Waals surface area contributed by atoms with Gasteiger partial charge in [-0.1, -0.05) is 48.0 Å². The van der Waals surface area contributed by atoms with E-state index in [2.05, 4.69) is 10.4 Å². The van der Waals surface area contributed by atoms with Crippen LogP contribution in [0.15, 0.2) is 72.8 Å². The van der Waals surface area contributed by atoms with Crippen molar-refractivity contribution in [3.8, 4) is 22.9 Å². The van der Waals surface area contributed by atoms with E-state index in [0.29, 0.717) is 35.2 Å². The highest BCUT2D eigenvalue weighted by Crippen LogP contribution is 2.39. The summed E-state index contributed by atoms with van der Waals surface area (Å²) in [6.45, 7) is 4.24. The number of ether oxygens (including phenoxy) is 3. The fourth-order valence-corrected chi connectivity index (χ4v) is 3.54. The number of rotatable bonds is 8. The highest BCUT2D eigenvalue weighted by Gasteiger charge is 2.19. The van der Waals surface area contributed by atoms with Gasteiger partial charge in [0.1, 0.15) is 12.4 Å². The Labute approximate surface area is 198 Å². The van der Waals surface area contributed by atoms with Crippen molar-refractivity contribution in [2.45, 2.75) is 20.5 Å².